The zero-order valence-corrected chi connectivity index (χ0v) is 19.0. The molecule has 0 bridgehead atoms. The number of ether oxygens (including phenoxy) is 2. The van der Waals surface area contributed by atoms with Gasteiger partial charge in [-0.3, -0.25) is 4.90 Å². The van der Waals surface area contributed by atoms with Gasteiger partial charge in [-0.2, -0.15) is 5.10 Å². The van der Waals surface area contributed by atoms with E-state index in [2.05, 4.69) is 11.8 Å². The Hall–Kier alpha value is -2.74. The van der Waals surface area contributed by atoms with Crippen molar-refractivity contribution in [1.82, 2.24) is 14.7 Å². The molecule has 0 radical (unpaired) electrons. The van der Waals surface area contributed by atoms with Gasteiger partial charge in [-0.25, -0.2) is 9.07 Å². The van der Waals surface area contributed by atoms with Crippen molar-refractivity contribution in [2.45, 2.75) is 32.9 Å². The van der Waals surface area contributed by atoms with Crippen molar-refractivity contribution in [3.05, 3.63) is 66.0 Å². The summed E-state index contributed by atoms with van der Waals surface area (Å²) in [5.41, 5.74) is 2.73. The van der Waals surface area contributed by atoms with Crippen molar-refractivity contribution in [3.8, 4) is 22.9 Å². The van der Waals surface area contributed by atoms with Gasteiger partial charge in [0, 0.05) is 32.3 Å². The van der Waals surface area contributed by atoms with Crippen LogP contribution < -0.4 is 4.74 Å². The van der Waals surface area contributed by atoms with E-state index in [1.807, 2.05) is 44.3 Å². The molecule has 3 rings (SSSR count). The zero-order valence-electron chi connectivity index (χ0n) is 19.0. The van der Waals surface area contributed by atoms with Crippen LogP contribution in [0.1, 0.15) is 25.8 Å². The Morgan fingerprint density at radius 3 is 2.47 bits per heavy atom. The first-order valence-electron chi connectivity index (χ1n) is 11.0. The number of aliphatic hydroxyl groups excluding tert-OH is 1. The normalized spacial score (nSPS) is 12.3. The van der Waals surface area contributed by atoms with Crippen LogP contribution in [-0.2, 0) is 18.3 Å². The predicted molar refractivity (Wildman–Crippen MR) is 123 cm³/mol. The molecule has 3 aromatic rings. The Bertz CT molecular complexity index is 961. The molecule has 0 saturated carbocycles. The fraction of sp³-hybridized carbons (Fsp3) is 0.400. The summed E-state index contributed by atoms with van der Waals surface area (Å²) >= 11 is 0. The highest BCUT2D eigenvalue weighted by atomic mass is 19.1. The average molecular weight is 442 g/mol. The number of aromatic nitrogens is 2. The Morgan fingerprint density at radius 1 is 1.09 bits per heavy atom. The van der Waals surface area contributed by atoms with E-state index in [0.717, 1.165) is 29.8 Å². The summed E-state index contributed by atoms with van der Waals surface area (Å²) in [6.45, 7) is 6.73. The monoisotopic (exact) mass is 441 g/mol. The molecule has 0 unspecified atom stereocenters. The van der Waals surface area contributed by atoms with Crippen LogP contribution >= 0.6 is 0 Å². The quantitative estimate of drug-likeness (QED) is 0.444. The van der Waals surface area contributed by atoms with Gasteiger partial charge in [-0.1, -0.05) is 37.3 Å². The van der Waals surface area contributed by atoms with Crippen LogP contribution in [0.25, 0.3) is 11.3 Å². The Labute approximate surface area is 189 Å². The second-order valence-corrected chi connectivity index (χ2v) is 7.73. The van der Waals surface area contributed by atoms with Gasteiger partial charge in [-0.15, -0.1) is 0 Å². The minimum absolute atomic E-state index is 0.300. The molecule has 0 aliphatic rings. The number of hydrogen-bond donors (Lipinski definition) is 1. The van der Waals surface area contributed by atoms with E-state index in [9.17, 15) is 9.50 Å². The molecule has 172 valence electrons. The van der Waals surface area contributed by atoms with E-state index in [1.165, 1.54) is 12.1 Å². The number of nitrogens with zero attached hydrogens (tertiary/aromatic N) is 3. The van der Waals surface area contributed by atoms with E-state index in [-0.39, 0.29) is 5.82 Å². The van der Waals surface area contributed by atoms with Gasteiger partial charge in [0.15, 0.2) is 0 Å². The first kappa shape index (κ1) is 23.9. The van der Waals surface area contributed by atoms with Gasteiger partial charge in [0.1, 0.15) is 17.3 Å². The highest BCUT2D eigenvalue weighted by Gasteiger charge is 2.23. The Balaban J connectivity index is 1.95. The third kappa shape index (κ3) is 6.38. The lowest BCUT2D eigenvalue weighted by atomic mass is 10.1. The molecule has 1 atom stereocenters. The molecule has 0 amide bonds. The third-order valence-electron chi connectivity index (χ3n) is 5.07. The van der Waals surface area contributed by atoms with Gasteiger partial charge in [-0.05, 0) is 44.2 Å². The maximum absolute atomic E-state index is 13.4. The molecule has 0 fully saturated rings. The number of benzene rings is 2. The molecule has 6 nitrogen and oxygen atoms in total. The van der Waals surface area contributed by atoms with Crippen LogP contribution in [0, 0.1) is 5.82 Å². The average Bonchev–Trinajstić information content (AvgIpc) is 3.09. The lowest BCUT2D eigenvalue weighted by molar-refractivity contribution is 0.0195. The lowest BCUT2D eigenvalue weighted by Gasteiger charge is -2.25. The predicted octanol–water partition coefficient (Wildman–Crippen LogP) is 4.63. The second-order valence-electron chi connectivity index (χ2n) is 7.73. The fourth-order valence-corrected chi connectivity index (χ4v) is 3.64. The summed E-state index contributed by atoms with van der Waals surface area (Å²) in [5, 5.41) is 15.2. The standard InChI is InChI=1S/C25H32FN3O3/c1-4-15-29(16-21(30)18-31-5-2)17-23-24(19-9-7-6-8-10-19)27-28(3)25(23)32-22-13-11-20(26)12-14-22/h6-14,21,30H,4-5,15-18H2,1-3H3/t21-/m0/s1. The minimum Gasteiger partial charge on any atom is -0.439 e. The molecule has 0 spiro atoms. The van der Waals surface area contributed by atoms with E-state index < -0.39 is 6.10 Å². The smallest absolute Gasteiger partial charge is 0.222 e. The first-order chi connectivity index (χ1) is 15.5. The van der Waals surface area contributed by atoms with Crippen LogP contribution in [-0.4, -0.2) is 52.2 Å². The summed E-state index contributed by atoms with van der Waals surface area (Å²) in [5.74, 6) is 0.814. The number of rotatable bonds is 12. The summed E-state index contributed by atoms with van der Waals surface area (Å²) in [7, 11) is 1.84. The van der Waals surface area contributed by atoms with Crippen LogP contribution in [0.4, 0.5) is 4.39 Å². The summed E-state index contributed by atoms with van der Waals surface area (Å²) in [6.07, 6.45) is 0.357. The number of aryl methyl sites for hydroxylation is 1. The molecule has 1 heterocycles. The van der Waals surface area contributed by atoms with Crippen molar-refractivity contribution >= 4 is 0 Å². The summed E-state index contributed by atoms with van der Waals surface area (Å²) in [6, 6.07) is 15.9. The van der Waals surface area contributed by atoms with Gasteiger partial charge >= 0.3 is 0 Å². The maximum atomic E-state index is 13.4. The van der Waals surface area contributed by atoms with Crippen molar-refractivity contribution in [1.29, 1.82) is 0 Å². The highest BCUT2D eigenvalue weighted by Crippen LogP contribution is 2.34. The van der Waals surface area contributed by atoms with E-state index in [1.54, 1.807) is 16.8 Å². The number of halogens is 1. The summed E-state index contributed by atoms with van der Waals surface area (Å²) < 4.78 is 26.6. The van der Waals surface area contributed by atoms with Crippen molar-refractivity contribution in [2.24, 2.45) is 7.05 Å². The molecule has 1 N–H and O–H groups in total. The minimum atomic E-state index is -0.584. The number of aliphatic hydroxyl groups is 1. The van der Waals surface area contributed by atoms with Crippen molar-refractivity contribution in [2.75, 3.05) is 26.3 Å². The largest absolute Gasteiger partial charge is 0.439 e. The molecule has 32 heavy (non-hydrogen) atoms. The second kappa shape index (κ2) is 11.8. The molecule has 2 aromatic carbocycles. The Morgan fingerprint density at radius 2 is 1.81 bits per heavy atom. The van der Waals surface area contributed by atoms with Crippen LogP contribution in [0.15, 0.2) is 54.6 Å². The van der Waals surface area contributed by atoms with Crippen molar-refractivity contribution < 1.29 is 19.0 Å². The zero-order chi connectivity index (χ0) is 22.9. The summed E-state index contributed by atoms with van der Waals surface area (Å²) in [4.78, 5) is 2.19. The Kier molecular flexibility index (Phi) is 8.79. The molecule has 0 aliphatic heterocycles. The van der Waals surface area contributed by atoms with Gasteiger partial charge < -0.3 is 14.6 Å². The number of hydrogen-bond acceptors (Lipinski definition) is 5. The maximum Gasteiger partial charge on any atom is 0.222 e. The van der Waals surface area contributed by atoms with E-state index in [4.69, 9.17) is 14.6 Å². The van der Waals surface area contributed by atoms with E-state index in [0.29, 0.717) is 37.9 Å². The SMILES string of the molecule is CCCN(Cc1c(-c2ccccc2)nn(C)c1Oc1ccc(F)cc1)C[C@H](O)COCC. The molecule has 0 aliphatic carbocycles. The van der Waals surface area contributed by atoms with E-state index >= 15 is 0 Å². The third-order valence-corrected chi connectivity index (χ3v) is 5.07. The first-order valence-corrected chi connectivity index (χ1v) is 11.0. The lowest BCUT2D eigenvalue weighted by Crippen LogP contribution is -2.35. The van der Waals surface area contributed by atoms with Gasteiger partial charge in [0.2, 0.25) is 5.88 Å². The van der Waals surface area contributed by atoms with Crippen molar-refractivity contribution in [3.63, 3.8) is 0 Å². The fourth-order valence-electron chi connectivity index (χ4n) is 3.64. The van der Waals surface area contributed by atoms with Gasteiger partial charge in [0.25, 0.3) is 0 Å². The molecule has 1 aromatic heterocycles. The molecular formula is C25H32FN3O3. The topological polar surface area (TPSA) is 59.8 Å². The highest BCUT2D eigenvalue weighted by molar-refractivity contribution is 5.65. The van der Waals surface area contributed by atoms with Crippen LogP contribution in [0.2, 0.25) is 0 Å². The molecule has 7 heteroatoms. The molecular weight excluding hydrogens is 409 g/mol. The molecule has 0 saturated heterocycles. The van der Waals surface area contributed by atoms with Crippen LogP contribution in [0.3, 0.4) is 0 Å². The van der Waals surface area contributed by atoms with Gasteiger partial charge in [0.05, 0.1) is 18.3 Å². The van der Waals surface area contributed by atoms with Crippen LogP contribution in [0.5, 0.6) is 11.6 Å².